The molecule has 10 nitrogen and oxygen atoms in total. The third-order valence-corrected chi connectivity index (χ3v) is 10.1. The van der Waals surface area contributed by atoms with E-state index in [1.54, 1.807) is 0 Å². The number of amides is 2. The monoisotopic (exact) mass is 655 g/mol. The number of imidazole rings is 2. The van der Waals surface area contributed by atoms with Gasteiger partial charge in [-0.3, -0.25) is 14.5 Å². The number of carbonyl (C=O) groups is 2. The van der Waals surface area contributed by atoms with Gasteiger partial charge in [-0.05, 0) is 94.6 Å². The van der Waals surface area contributed by atoms with Gasteiger partial charge in [-0.1, -0.05) is 42.2 Å². The fourth-order valence-electron chi connectivity index (χ4n) is 7.72. The van der Waals surface area contributed by atoms with E-state index in [1.807, 2.05) is 95.5 Å². The zero-order chi connectivity index (χ0) is 33.5. The highest BCUT2D eigenvalue weighted by molar-refractivity contribution is 5.85. The summed E-state index contributed by atoms with van der Waals surface area (Å²) in [4.78, 5) is 49.7. The summed E-state index contributed by atoms with van der Waals surface area (Å²) >= 11 is 0. The van der Waals surface area contributed by atoms with Crippen LogP contribution in [0, 0.1) is 11.8 Å². The SMILES string of the molecule is CN(C)[C@@H](C(=O)N1CCC[C@H]1c1nc2ccc(C#Cc3ccc4nc(C5CCCN5C(=O)[C@@H]5CCCO5)[nH]c4c3)cc2[nH]1)c1ccccc1. The van der Waals surface area contributed by atoms with Crippen molar-refractivity contribution in [2.45, 2.75) is 62.8 Å². The minimum atomic E-state index is -0.348. The number of nitrogens with zero attached hydrogens (tertiary/aromatic N) is 5. The fraction of sp³-hybridized carbons (Fsp3) is 0.385. The number of carbonyl (C=O) groups excluding carboxylic acids is 2. The first-order valence-electron chi connectivity index (χ1n) is 17.4. The summed E-state index contributed by atoms with van der Waals surface area (Å²) in [6.45, 7) is 2.11. The van der Waals surface area contributed by atoms with Gasteiger partial charge in [-0.15, -0.1) is 0 Å². The summed E-state index contributed by atoms with van der Waals surface area (Å²) in [5.74, 6) is 8.45. The molecule has 2 N–H and O–H groups in total. The van der Waals surface area contributed by atoms with Crippen molar-refractivity contribution in [3.05, 3.63) is 95.1 Å². The number of fused-ring (bicyclic) bond motifs is 2. The maximum absolute atomic E-state index is 13.9. The molecule has 3 aromatic carbocycles. The van der Waals surface area contributed by atoms with Crippen molar-refractivity contribution in [1.82, 2.24) is 34.6 Å². The van der Waals surface area contributed by atoms with Crippen LogP contribution >= 0.6 is 0 Å². The minimum Gasteiger partial charge on any atom is -0.368 e. The molecule has 3 aliphatic heterocycles. The average molecular weight is 656 g/mol. The number of nitrogens with one attached hydrogen (secondary N) is 2. The van der Waals surface area contributed by atoms with E-state index in [0.29, 0.717) is 13.2 Å². The number of H-pyrrole nitrogens is 2. The summed E-state index contributed by atoms with van der Waals surface area (Å²) in [6.07, 6.45) is 5.08. The number of aromatic amines is 2. The van der Waals surface area contributed by atoms with Gasteiger partial charge in [0, 0.05) is 30.8 Å². The van der Waals surface area contributed by atoms with E-state index in [0.717, 1.165) is 95.5 Å². The highest BCUT2D eigenvalue weighted by Gasteiger charge is 2.38. The maximum Gasteiger partial charge on any atom is 0.252 e. The first kappa shape index (κ1) is 31.3. The van der Waals surface area contributed by atoms with E-state index in [-0.39, 0.29) is 36.0 Å². The molecule has 0 bridgehead atoms. The highest BCUT2D eigenvalue weighted by Crippen LogP contribution is 2.36. The number of rotatable bonds is 6. The van der Waals surface area contributed by atoms with Gasteiger partial charge in [0.15, 0.2) is 0 Å². The van der Waals surface area contributed by atoms with Gasteiger partial charge in [0.2, 0.25) is 5.91 Å². The molecular formula is C39H41N7O3. The second-order valence-electron chi connectivity index (χ2n) is 13.6. The van der Waals surface area contributed by atoms with Gasteiger partial charge >= 0.3 is 0 Å². The van der Waals surface area contributed by atoms with Gasteiger partial charge in [-0.25, -0.2) is 9.97 Å². The fourth-order valence-corrected chi connectivity index (χ4v) is 7.72. The second-order valence-corrected chi connectivity index (χ2v) is 13.6. The highest BCUT2D eigenvalue weighted by atomic mass is 16.5. The molecule has 3 fully saturated rings. The maximum atomic E-state index is 13.9. The molecule has 5 heterocycles. The lowest BCUT2D eigenvalue weighted by atomic mass is 10.0. The predicted molar refractivity (Wildman–Crippen MR) is 187 cm³/mol. The third kappa shape index (κ3) is 6.09. The van der Waals surface area contributed by atoms with Crippen molar-refractivity contribution in [3.8, 4) is 11.8 Å². The number of hydrogen-bond acceptors (Lipinski definition) is 6. The summed E-state index contributed by atoms with van der Waals surface area (Å²) in [6, 6.07) is 21.5. The van der Waals surface area contributed by atoms with Crippen LogP contribution in [0.25, 0.3) is 22.1 Å². The Kier molecular flexibility index (Phi) is 8.40. The summed E-state index contributed by atoms with van der Waals surface area (Å²) in [7, 11) is 3.91. The smallest absolute Gasteiger partial charge is 0.252 e. The van der Waals surface area contributed by atoms with E-state index < -0.39 is 0 Å². The van der Waals surface area contributed by atoms with Crippen LogP contribution in [0.5, 0.6) is 0 Å². The topological polar surface area (TPSA) is 110 Å². The molecule has 0 spiro atoms. The molecule has 4 atom stereocenters. The minimum absolute atomic E-state index is 0.0580. The zero-order valence-corrected chi connectivity index (χ0v) is 28.0. The third-order valence-electron chi connectivity index (χ3n) is 10.1. The number of ether oxygens (including phenoxy) is 1. The van der Waals surface area contributed by atoms with Crippen LogP contribution in [-0.4, -0.2) is 86.3 Å². The van der Waals surface area contributed by atoms with Crippen LogP contribution in [0.4, 0.5) is 0 Å². The summed E-state index contributed by atoms with van der Waals surface area (Å²) in [5.41, 5.74) is 6.28. The van der Waals surface area contributed by atoms with E-state index in [2.05, 4.69) is 21.8 Å². The normalized spacial score (nSPS) is 21.5. The Morgan fingerprint density at radius 3 is 1.96 bits per heavy atom. The van der Waals surface area contributed by atoms with Gasteiger partial charge in [0.05, 0.1) is 34.2 Å². The van der Waals surface area contributed by atoms with Gasteiger partial charge in [0.1, 0.15) is 23.8 Å². The van der Waals surface area contributed by atoms with Crippen molar-refractivity contribution in [1.29, 1.82) is 0 Å². The Hall–Kier alpha value is -4.98. The molecule has 0 radical (unpaired) electrons. The molecule has 49 heavy (non-hydrogen) atoms. The number of likely N-dealkylation sites (N-methyl/N-ethyl adjacent to an activating group) is 1. The van der Waals surface area contributed by atoms with Crippen LogP contribution in [0.3, 0.4) is 0 Å². The molecule has 250 valence electrons. The quantitative estimate of drug-likeness (QED) is 0.229. The second kappa shape index (κ2) is 13.1. The molecule has 0 saturated carbocycles. The molecule has 8 rings (SSSR count). The van der Waals surface area contributed by atoms with Crippen molar-refractivity contribution in [3.63, 3.8) is 0 Å². The van der Waals surface area contributed by atoms with Crippen LogP contribution < -0.4 is 0 Å². The summed E-state index contributed by atoms with van der Waals surface area (Å²) in [5, 5.41) is 0. The van der Waals surface area contributed by atoms with Gasteiger partial charge < -0.3 is 24.5 Å². The molecule has 5 aromatic rings. The molecule has 2 aromatic heterocycles. The molecule has 3 aliphatic rings. The lowest BCUT2D eigenvalue weighted by Gasteiger charge is -2.31. The standard InChI is InChI=1S/C39H41N7O3/c1-44(2)35(27-9-4-3-5-10-27)39(48)46-21-7-12-33(46)37-41-29-19-17-26(24-31(29)43-37)15-14-25-16-18-28-30(23-25)42-36(40-28)32-11-6-20-45(32)38(47)34-13-8-22-49-34/h3-5,9-10,16-19,23-24,32-35H,6-8,11-13,20-22H2,1-2H3,(H,40,42)(H,41,43)/t32?,33-,34-,35+/m0/s1. The molecule has 2 amide bonds. The Balaban J connectivity index is 0.994. The Morgan fingerprint density at radius 2 is 1.39 bits per heavy atom. The van der Waals surface area contributed by atoms with Gasteiger partial charge in [0.25, 0.3) is 5.91 Å². The van der Waals surface area contributed by atoms with E-state index in [9.17, 15) is 9.59 Å². The molecular weight excluding hydrogens is 614 g/mol. The van der Waals surface area contributed by atoms with Crippen molar-refractivity contribution in [2.24, 2.45) is 0 Å². The largest absolute Gasteiger partial charge is 0.368 e. The van der Waals surface area contributed by atoms with E-state index in [1.165, 1.54) is 0 Å². The lowest BCUT2D eigenvalue weighted by molar-refractivity contribution is -0.142. The van der Waals surface area contributed by atoms with Crippen molar-refractivity contribution < 1.29 is 14.3 Å². The number of aromatic nitrogens is 4. The van der Waals surface area contributed by atoms with Crippen LogP contribution in [0.15, 0.2) is 66.7 Å². The molecule has 0 aliphatic carbocycles. The zero-order valence-electron chi connectivity index (χ0n) is 28.0. The lowest BCUT2D eigenvalue weighted by Crippen LogP contribution is -2.40. The van der Waals surface area contributed by atoms with Gasteiger partial charge in [-0.2, -0.15) is 0 Å². The number of hydrogen-bond donors (Lipinski definition) is 2. The first-order valence-corrected chi connectivity index (χ1v) is 17.4. The predicted octanol–water partition coefficient (Wildman–Crippen LogP) is 5.65. The average Bonchev–Trinajstić information content (AvgIpc) is 3.95. The Bertz CT molecular complexity index is 2070. The summed E-state index contributed by atoms with van der Waals surface area (Å²) < 4.78 is 5.68. The first-order chi connectivity index (χ1) is 23.9. The Morgan fingerprint density at radius 1 is 0.796 bits per heavy atom. The molecule has 3 saturated heterocycles. The number of likely N-dealkylation sites (tertiary alicyclic amines) is 2. The number of benzene rings is 3. The molecule has 10 heteroatoms. The molecule has 1 unspecified atom stereocenters. The Labute approximate surface area is 285 Å². The van der Waals surface area contributed by atoms with Crippen LogP contribution in [0.1, 0.15) is 85.0 Å². The van der Waals surface area contributed by atoms with Crippen LogP contribution in [0.2, 0.25) is 0 Å². The van der Waals surface area contributed by atoms with Crippen molar-refractivity contribution >= 4 is 33.9 Å². The van der Waals surface area contributed by atoms with Crippen LogP contribution in [-0.2, 0) is 14.3 Å². The van der Waals surface area contributed by atoms with E-state index in [4.69, 9.17) is 14.7 Å². The van der Waals surface area contributed by atoms with Crippen molar-refractivity contribution in [2.75, 3.05) is 33.8 Å². The van der Waals surface area contributed by atoms with E-state index >= 15 is 0 Å².